The number of rotatable bonds is 8. The van der Waals surface area contributed by atoms with E-state index in [9.17, 15) is 14.4 Å². The summed E-state index contributed by atoms with van der Waals surface area (Å²) in [7, 11) is 0. The van der Waals surface area contributed by atoms with Gasteiger partial charge in [-0.1, -0.05) is 6.07 Å². The van der Waals surface area contributed by atoms with Crippen molar-refractivity contribution in [1.82, 2.24) is 9.88 Å². The highest BCUT2D eigenvalue weighted by atomic mass is 16.5. The highest BCUT2D eigenvalue weighted by Crippen LogP contribution is 2.32. The standard InChI is InChI=1S/C25H27N3O5/c1-15(16(2)29)28-13-18-5-6-19(11-21(18)24(28)30)27-10-9-22(25(27)31)33-20-7-8-23(26-12-20)32-14-17-3-4-17/h5-8,11-12,15,17,22H,3-4,9-10,13-14H2,1-2H3/t15?,22-/m1/s1. The lowest BCUT2D eigenvalue weighted by Crippen LogP contribution is -2.38. The fourth-order valence-electron chi connectivity index (χ4n) is 4.20. The predicted molar refractivity (Wildman–Crippen MR) is 120 cm³/mol. The van der Waals surface area contributed by atoms with E-state index in [0.29, 0.717) is 54.9 Å². The van der Waals surface area contributed by atoms with E-state index in [1.54, 1.807) is 41.1 Å². The number of carbonyl (C=O) groups excluding carboxylic acids is 3. The molecule has 33 heavy (non-hydrogen) atoms. The number of aromatic nitrogens is 1. The van der Waals surface area contributed by atoms with E-state index in [-0.39, 0.29) is 17.6 Å². The second kappa shape index (κ2) is 8.50. The first-order valence-electron chi connectivity index (χ1n) is 11.4. The van der Waals surface area contributed by atoms with Gasteiger partial charge in [-0.05, 0) is 56.4 Å². The zero-order valence-corrected chi connectivity index (χ0v) is 18.8. The second-order valence-corrected chi connectivity index (χ2v) is 9.03. The molecule has 3 heterocycles. The van der Waals surface area contributed by atoms with Gasteiger partial charge in [0.25, 0.3) is 11.8 Å². The van der Waals surface area contributed by atoms with Gasteiger partial charge < -0.3 is 19.3 Å². The molecule has 1 saturated heterocycles. The lowest BCUT2D eigenvalue weighted by Gasteiger charge is -2.21. The quantitative estimate of drug-likeness (QED) is 0.616. The van der Waals surface area contributed by atoms with Crippen LogP contribution in [0.3, 0.4) is 0 Å². The molecule has 2 aliphatic heterocycles. The first kappa shape index (κ1) is 21.4. The van der Waals surface area contributed by atoms with E-state index < -0.39 is 12.1 Å². The Hall–Kier alpha value is -3.42. The van der Waals surface area contributed by atoms with Crippen molar-refractivity contribution in [2.45, 2.75) is 51.8 Å². The number of amides is 2. The first-order valence-corrected chi connectivity index (χ1v) is 11.4. The molecular formula is C25H27N3O5. The minimum absolute atomic E-state index is 0.0527. The van der Waals surface area contributed by atoms with Gasteiger partial charge in [-0.25, -0.2) is 4.98 Å². The van der Waals surface area contributed by atoms with Gasteiger partial charge in [0.2, 0.25) is 5.88 Å². The van der Waals surface area contributed by atoms with Gasteiger partial charge in [-0.3, -0.25) is 14.4 Å². The summed E-state index contributed by atoms with van der Waals surface area (Å²) in [6.45, 7) is 4.82. The Morgan fingerprint density at radius 3 is 2.70 bits per heavy atom. The Morgan fingerprint density at radius 2 is 2.00 bits per heavy atom. The van der Waals surface area contributed by atoms with E-state index >= 15 is 0 Å². The SMILES string of the molecule is CC(=O)C(C)N1Cc2ccc(N3CC[C@@H](Oc4ccc(OCC5CC5)nc4)C3=O)cc2C1=O. The third kappa shape index (κ3) is 4.29. The van der Waals surface area contributed by atoms with Crippen molar-refractivity contribution < 1.29 is 23.9 Å². The molecule has 1 aromatic heterocycles. The summed E-state index contributed by atoms with van der Waals surface area (Å²) in [5, 5.41) is 0. The van der Waals surface area contributed by atoms with Crippen LogP contribution in [-0.4, -0.2) is 52.8 Å². The van der Waals surface area contributed by atoms with Crippen LogP contribution in [0.15, 0.2) is 36.5 Å². The van der Waals surface area contributed by atoms with Crippen molar-refractivity contribution in [2.24, 2.45) is 5.92 Å². The molecule has 8 nitrogen and oxygen atoms in total. The molecule has 0 N–H and O–H groups in total. The van der Waals surface area contributed by atoms with Crippen molar-refractivity contribution >= 4 is 23.3 Å². The van der Waals surface area contributed by atoms with Crippen LogP contribution in [0.2, 0.25) is 0 Å². The Kier molecular flexibility index (Phi) is 5.52. The summed E-state index contributed by atoms with van der Waals surface area (Å²) in [5.41, 5.74) is 2.08. The number of ketones is 1. The van der Waals surface area contributed by atoms with Crippen LogP contribution >= 0.6 is 0 Å². The highest BCUT2D eigenvalue weighted by Gasteiger charge is 2.37. The van der Waals surface area contributed by atoms with Gasteiger partial charge in [0.05, 0.1) is 18.8 Å². The number of ether oxygens (including phenoxy) is 2. The molecular weight excluding hydrogens is 422 g/mol. The van der Waals surface area contributed by atoms with Crippen LogP contribution in [0, 0.1) is 5.92 Å². The molecule has 1 aliphatic carbocycles. The third-order valence-electron chi connectivity index (χ3n) is 6.60. The monoisotopic (exact) mass is 449 g/mol. The van der Waals surface area contributed by atoms with Crippen LogP contribution in [-0.2, 0) is 16.1 Å². The molecule has 5 rings (SSSR count). The number of hydrogen-bond acceptors (Lipinski definition) is 6. The number of nitrogens with zero attached hydrogens (tertiary/aromatic N) is 3. The van der Waals surface area contributed by atoms with E-state index in [1.807, 2.05) is 12.1 Å². The fraction of sp³-hybridized carbons (Fsp3) is 0.440. The van der Waals surface area contributed by atoms with Crippen LogP contribution in [0.25, 0.3) is 0 Å². The van der Waals surface area contributed by atoms with Gasteiger partial charge in [-0.2, -0.15) is 0 Å². The van der Waals surface area contributed by atoms with Crippen molar-refractivity contribution in [1.29, 1.82) is 0 Å². The number of benzene rings is 1. The maximum absolute atomic E-state index is 13.0. The van der Waals surface area contributed by atoms with E-state index in [1.165, 1.54) is 19.8 Å². The zero-order chi connectivity index (χ0) is 23.1. The van der Waals surface area contributed by atoms with E-state index in [2.05, 4.69) is 4.98 Å². The van der Waals surface area contributed by atoms with Gasteiger partial charge in [-0.15, -0.1) is 0 Å². The minimum Gasteiger partial charge on any atom is -0.479 e. The molecule has 0 radical (unpaired) electrons. The topological polar surface area (TPSA) is 89.0 Å². The molecule has 0 bridgehead atoms. The molecule has 172 valence electrons. The molecule has 3 aliphatic rings. The molecule has 2 atom stereocenters. The van der Waals surface area contributed by atoms with Crippen molar-refractivity contribution in [3.8, 4) is 11.6 Å². The molecule has 1 unspecified atom stereocenters. The van der Waals surface area contributed by atoms with E-state index in [4.69, 9.17) is 9.47 Å². The van der Waals surface area contributed by atoms with Crippen LogP contribution < -0.4 is 14.4 Å². The summed E-state index contributed by atoms with van der Waals surface area (Å²) in [5.74, 6) is 1.35. The molecule has 0 spiro atoms. The first-order chi connectivity index (χ1) is 15.9. The van der Waals surface area contributed by atoms with Crippen molar-refractivity contribution in [2.75, 3.05) is 18.1 Å². The molecule has 1 saturated carbocycles. The molecule has 8 heteroatoms. The Bertz CT molecular complexity index is 1100. The molecule has 2 fully saturated rings. The number of hydrogen-bond donors (Lipinski definition) is 0. The number of Topliss-reactive ketones (excluding diaryl/α,β-unsaturated/α-hetero) is 1. The Balaban J connectivity index is 1.24. The number of fused-ring (bicyclic) bond motifs is 1. The molecule has 2 amide bonds. The lowest BCUT2D eigenvalue weighted by molar-refractivity contribution is -0.123. The van der Waals surface area contributed by atoms with Gasteiger partial charge >= 0.3 is 0 Å². The lowest BCUT2D eigenvalue weighted by atomic mass is 10.1. The maximum atomic E-state index is 13.0. The average molecular weight is 450 g/mol. The zero-order valence-electron chi connectivity index (χ0n) is 18.8. The van der Waals surface area contributed by atoms with Crippen LogP contribution in [0.5, 0.6) is 11.6 Å². The predicted octanol–water partition coefficient (Wildman–Crippen LogP) is 2.99. The van der Waals surface area contributed by atoms with Crippen molar-refractivity contribution in [3.05, 3.63) is 47.7 Å². The average Bonchev–Trinajstić information content (AvgIpc) is 3.50. The maximum Gasteiger partial charge on any atom is 0.268 e. The van der Waals surface area contributed by atoms with Crippen molar-refractivity contribution in [3.63, 3.8) is 0 Å². The van der Waals surface area contributed by atoms with Gasteiger partial charge in [0.15, 0.2) is 11.9 Å². The summed E-state index contributed by atoms with van der Waals surface area (Å²) in [6.07, 6.45) is 3.95. The number of anilines is 1. The normalized spacial score (nSPS) is 20.7. The fourth-order valence-corrected chi connectivity index (χ4v) is 4.20. The Labute approximate surface area is 192 Å². The Morgan fingerprint density at radius 1 is 1.18 bits per heavy atom. The van der Waals surface area contributed by atoms with Gasteiger partial charge in [0.1, 0.15) is 5.75 Å². The summed E-state index contributed by atoms with van der Waals surface area (Å²) < 4.78 is 11.5. The summed E-state index contributed by atoms with van der Waals surface area (Å²) in [6, 6.07) is 8.51. The highest BCUT2D eigenvalue weighted by molar-refractivity contribution is 6.04. The largest absolute Gasteiger partial charge is 0.479 e. The van der Waals surface area contributed by atoms with Crippen LogP contribution in [0.4, 0.5) is 5.69 Å². The summed E-state index contributed by atoms with van der Waals surface area (Å²) >= 11 is 0. The third-order valence-corrected chi connectivity index (χ3v) is 6.60. The molecule has 2 aromatic rings. The number of carbonyl (C=O) groups is 3. The smallest absolute Gasteiger partial charge is 0.268 e. The minimum atomic E-state index is -0.608. The van der Waals surface area contributed by atoms with Gasteiger partial charge in [0, 0.05) is 36.8 Å². The van der Waals surface area contributed by atoms with E-state index in [0.717, 1.165) is 5.56 Å². The summed E-state index contributed by atoms with van der Waals surface area (Å²) in [4.78, 5) is 45.1. The number of pyridine rings is 1. The second-order valence-electron chi connectivity index (χ2n) is 9.03. The van der Waals surface area contributed by atoms with Crippen LogP contribution in [0.1, 0.15) is 49.0 Å². The molecule has 1 aromatic carbocycles.